The molecule has 2 aromatic carbocycles. The fraction of sp³-hybridized carbons (Fsp3) is 0.217. The summed E-state index contributed by atoms with van der Waals surface area (Å²) in [5.74, 6) is 2.22. The van der Waals surface area contributed by atoms with Gasteiger partial charge in [0.25, 0.3) is 0 Å². The smallest absolute Gasteiger partial charge is 0.231 e. The summed E-state index contributed by atoms with van der Waals surface area (Å²) < 4.78 is 20.8. The average Bonchev–Trinajstić information content (AvgIpc) is 3.44. The fourth-order valence-electron chi connectivity index (χ4n) is 4.43. The Morgan fingerprint density at radius 1 is 1.17 bits per heavy atom. The van der Waals surface area contributed by atoms with Crippen LogP contribution < -0.4 is 18.8 Å². The lowest BCUT2D eigenvalue weighted by Gasteiger charge is -2.18. The maximum absolute atomic E-state index is 10.8. The number of phenolic OH excluding ortho intramolecular Hbond substituents is 1. The average molecular weight is 402 g/mol. The Labute approximate surface area is 172 Å². The third-order valence-corrected chi connectivity index (χ3v) is 5.93. The third kappa shape index (κ3) is 2.51. The van der Waals surface area contributed by atoms with Gasteiger partial charge in [-0.25, -0.2) is 4.98 Å². The molecule has 0 spiro atoms. The SMILES string of the molecule is COc1cc(Cn2ccnc2)c2cc3[n+](cc2c1O)CCc1cc2c(cc1-3)OCO2. The number of fused-ring (bicyclic) bond motifs is 5. The highest BCUT2D eigenvalue weighted by Gasteiger charge is 2.29. The summed E-state index contributed by atoms with van der Waals surface area (Å²) in [5, 5.41) is 12.6. The molecule has 0 unspecified atom stereocenters. The Kier molecular flexibility index (Phi) is 3.65. The molecule has 2 aliphatic rings. The molecule has 2 aliphatic heterocycles. The second-order valence-electron chi connectivity index (χ2n) is 7.61. The number of imidazole rings is 1. The fourth-order valence-corrected chi connectivity index (χ4v) is 4.43. The van der Waals surface area contributed by atoms with E-state index in [1.54, 1.807) is 19.6 Å². The summed E-state index contributed by atoms with van der Waals surface area (Å²) >= 11 is 0. The van der Waals surface area contributed by atoms with Crippen molar-refractivity contribution in [3.05, 3.63) is 60.3 Å². The first-order chi connectivity index (χ1) is 14.7. The molecule has 0 saturated heterocycles. The van der Waals surface area contributed by atoms with Crippen molar-refractivity contribution in [3.8, 4) is 34.3 Å². The Morgan fingerprint density at radius 3 is 2.83 bits per heavy atom. The number of aromatic hydroxyl groups is 1. The van der Waals surface area contributed by atoms with Crippen LogP contribution in [0.2, 0.25) is 0 Å². The van der Waals surface area contributed by atoms with Gasteiger partial charge in [-0.3, -0.25) is 0 Å². The van der Waals surface area contributed by atoms with Crippen LogP contribution in [0.4, 0.5) is 0 Å². The molecule has 7 heteroatoms. The summed E-state index contributed by atoms with van der Waals surface area (Å²) in [6.07, 6.45) is 8.38. The maximum atomic E-state index is 10.8. The molecule has 0 saturated carbocycles. The molecule has 0 fully saturated rings. The van der Waals surface area contributed by atoms with Crippen molar-refractivity contribution in [2.75, 3.05) is 13.9 Å². The Morgan fingerprint density at radius 2 is 2.03 bits per heavy atom. The summed E-state index contributed by atoms with van der Waals surface area (Å²) in [6, 6.07) is 8.20. The molecule has 1 N–H and O–H groups in total. The van der Waals surface area contributed by atoms with Crippen molar-refractivity contribution in [1.29, 1.82) is 0 Å². The lowest BCUT2D eigenvalue weighted by Crippen LogP contribution is -2.40. The molecule has 0 atom stereocenters. The van der Waals surface area contributed by atoms with Gasteiger partial charge in [0.05, 0.1) is 24.4 Å². The topological polar surface area (TPSA) is 69.6 Å². The molecule has 2 aromatic heterocycles. The number of aromatic nitrogens is 3. The molecule has 0 amide bonds. The molecular formula is C23H20N3O4+. The maximum Gasteiger partial charge on any atom is 0.231 e. The van der Waals surface area contributed by atoms with Crippen LogP contribution in [0.15, 0.2) is 49.2 Å². The predicted molar refractivity (Wildman–Crippen MR) is 109 cm³/mol. The molecular weight excluding hydrogens is 382 g/mol. The summed E-state index contributed by atoms with van der Waals surface area (Å²) in [7, 11) is 1.58. The first kappa shape index (κ1) is 17.1. The number of ether oxygens (including phenoxy) is 3. The highest BCUT2D eigenvalue weighted by atomic mass is 16.7. The molecule has 0 bridgehead atoms. The van der Waals surface area contributed by atoms with Gasteiger partial charge >= 0.3 is 0 Å². The zero-order valence-electron chi connectivity index (χ0n) is 16.5. The van der Waals surface area contributed by atoms with E-state index in [4.69, 9.17) is 14.2 Å². The summed E-state index contributed by atoms with van der Waals surface area (Å²) in [5.41, 5.74) is 4.52. The lowest BCUT2D eigenvalue weighted by molar-refractivity contribution is -0.686. The molecule has 0 aliphatic carbocycles. The van der Waals surface area contributed by atoms with Gasteiger partial charge in [-0.2, -0.15) is 4.57 Å². The number of phenols is 1. The first-order valence-corrected chi connectivity index (χ1v) is 9.86. The van der Waals surface area contributed by atoms with E-state index in [1.165, 1.54) is 5.56 Å². The van der Waals surface area contributed by atoms with E-state index in [0.717, 1.165) is 52.1 Å². The van der Waals surface area contributed by atoms with Gasteiger partial charge in [0.1, 0.15) is 0 Å². The number of aryl methyl sites for hydroxylation is 2. The van der Waals surface area contributed by atoms with Gasteiger partial charge in [0.2, 0.25) is 12.5 Å². The van der Waals surface area contributed by atoms with Gasteiger partial charge in [-0.1, -0.05) is 0 Å². The number of nitrogens with zero attached hydrogens (tertiary/aromatic N) is 3. The van der Waals surface area contributed by atoms with Crippen LogP contribution in [0.1, 0.15) is 11.1 Å². The molecule has 7 nitrogen and oxygen atoms in total. The van der Waals surface area contributed by atoms with E-state index in [-0.39, 0.29) is 12.5 Å². The number of hydrogen-bond donors (Lipinski definition) is 1. The van der Waals surface area contributed by atoms with Gasteiger partial charge in [0, 0.05) is 36.8 Å². The van der Waals surface area contributed by atoms with Crippen molar-refractivity contribution in [1.82, 2.24) is 9.55 Å². The number of pyridine rings is 1. The molecule has 0 radical (unpaired) electrons. The van der Waals surface area contributed by atoms with Gasteiger partial charge in [-0.15, -0.1) is 0 Å². The Balaban J connectivity index is 1.59. The van der Waals surface area contributed by atoms with E-state index < -0.39 is 0 Å². The van der Waals surface area contributed by atoms with Crippen molar-refractivity contribution in [3.63, 3.8) is 0 Å². The highest BCUT2D eigenvalue weighted by Crippen LogP contribution is 2.42. The van der Waals surface area contributed by atoms with Crippen molar-refractivity contribution in [2.24, 2.45) is 0 Å². The minimum Gasteiger partial charge on any atom is -0.504 e. The lowest BCUT2D eigenvalue weighted by atomic mass is 9.94. The summed E-state index contributed by atoms with van der Waals surface area (Å²) in [6.45, 7) is 1.72. The van der Waals surface area contributed by atoms with Crippen LogP contribution in [-0.4, -0.2) is 28.6 Å². The largest absolute Gasteiger partial charge is 0.504 e. The van der Waals surface area contributed by atoms with Gasteiger partial charge < -0.3 is 23.9 Å². The van der Waals surface area contributed by atoms with Crippen LogP contribution in [0.3, 0.4) is 0 Å². The Bertz CT molecular complexity index is 1300. The van der Waals surface area contributed by atoms with Crippen LogP contribution in [0, 0.1) is 0 Å². The standard InChI is InChI=1S/C23H19N3O4/c1-28-22-7-15(10-25-5-3-24-12-25)16-8-19-17-9-21-20(29-13-30-21)6-14(17)2-4-26(19)11-18(16)23(22)27/h3,5-9,11-12H,2,4,10,13H2,1H3/p+1. The molecule has 6 rings (SSSR count). The third-order valence-electron chi connectivity index (χ3n) is 5.93. The van der Waals surface area contributed by atoms with E-state index in [0.29, 0.717) is 12.3 Å². The predicted octanol–water partition coefficient (Wildman–Crippen LogP) is 3.04. The minimum atomic E-state index is 0.161. The zero-order valence-corrected chi connectivity index (χ0v) is 16.5. The second kappa shape index (κ2) is 6.38. The van der Waals surface area contributed by atoms with E-state index in [2.05, 4.69) is 27.8 Å². The van der Waals surface area contributed by atoms with Crippen LogP contribution in [-0.2, 0) is 19.5 Å². The minimum absolute atomic E-state index is 0.161. The second-order valence-corrected chi connectivity index (χ2v) is 7.61. The van der Waals surface area contributed by atoms with Crippen molar-refractivity contribution in [2.45, 2.75) is 19.5 Å². The number of rotatable bonds is 3. The molecule has 30 heavy (non-hydrogen) atoms. The normalized spacial score (nSPS) is 13.9. The van der Waals surface area contributed by atoms with Crippen LogP contribution in [0.25, 0.3) is 22.0 Å². The first-order valence-electron chi connectivity index (χ1n) is 9.86. The zero-order chi connectivity index (χ0) is 20.2. The number of methoxy groups -OCH3 is 1. The van der Waals surface area contributed by atoms with E-state index >= 15 is 0 Å². The summed E-state index contributed by atoms with van der Waals surface area (Å²) in [4.78, 5) is 4.14. The molecule has 4 aromatic rings. The van der Waals surface area contributed by atoms with Gasteiger partial charge in [-0.05, 0) is 29.3 Å². The monoisotopic (exact) mass is 402 g/mol. The van der Waals surface area contributed by atoms with Crippen molar-refractivity contribution < 1.29 is 23.9 Å². The van der Waals surface area contributed by atoms with Crippen LogP contribution in [0.5, 0.6) is 23.0 Å². The molecule has 4 heterocycles. The van der Waals surface area contributed by atoms with E-state index in [9.17, 15) is 5.11 Å². The van der Waals surface area contributed by atoms with Crippen molar-refractivity contribution >= 4 is 10.8 Å². The van der Waals surface area contributed by atoms with E-state index in [1.807, 2.05) is 23.0 Å². The number of hydrogen-bond acceptors (Lipinski definition) is 5. The van der Waals surface area contributed by atoms with Crippen LogP contribution >= 0.6 is 0 Å². The highest BCUT2D eigenvalue weighted by molar-refractivity contribution is 5.94. The molecule has 150 valence electrons. The number of benzene rings is 2. The Hall–Kier alpha value is -3.74. The quantitative estimate of drug-likeness (QED) is 0.534. The van der Waals surface area contributed by atoms with Gasteiger partial charge in [0.15, 0.2) is 35.7 Å².